The molecule has 0 unspecified atom stereocenters. The molecule has 0 atom stereocenters. The Morgan fingerprint density at radius 1 is 0.700 bits per heavy atom. The van der Waals surface area contributed by atoms with Crippen molar-refractivity contribution < 1.29 is 4.74 Å². The van der Waals surface area contributed by atoms with E-state index in [1.807, 2.05) is 0 Å². The molecule has 0 aliphatic heterocycles. The summed E-state index contributed by atoms with van der Waals surface area (Å²) in [5.74, 6) is 1.02. The van der Waals surface area contributed by atoms with Crippen LogP contribution in [0.1, 0.15) is 77.2 Å². The van der Waals surface area contributed by atoms with Gasteiger partial charge in [-0.25, -0.2) is 0 Å². The highest BCUT2D eigenvalue weighted by atomic mass is 16.5. The van der Waals surface area contributed by atoms with Crippen molar-refractivity contribution in [2.45, 2.75) is 78.1 Å². The van der Waals surface area contributed by atoms with Crippen molar-refractivity contribution in [2.24, 2.45) is 0 Å². The van der Waals surface area contributed by atoms with Crippen LogP contribution in [0.3, 0.4) is 0 Å². The molecule has 1 aromatic carbocycles. The molecular weight excluding hydrogens is 244 g/mol. The van der Waals surface area contributed by atoms with E-state index in [0.29, 0.717) is 0 Å². The number of hydrogen-bond donors (Lipinski definition) is 0. The predicted molar refractivity (Wildman–Crippen MR) is 88.5 cm³/mol. The second kappa shape index (κ2) is 11.8. The number of ether oxygens (including phenoxy) is 1. The number of rotatable bonds is 12. The number of benzene rings is 1. The summed E-state index contributed by atoms with van der Waals surface area (Å²) in [7, 11) is 0. The molecule has 0 N–H and O–H groups in total. The smallest absolute Gasteiger partial charge is 0.119 e. The third-order valence-corrected chi connectivity index (χ3v) is 3.76. The van der Waals surface area contributed by atoms with Gasteiger partial charge in [-0.3, -0.25) is 0 Å². The quantitative estimate of drug-likeness (QED) is 0.415. The second-order valence-electron chi connectivity index (χ2n) is 5.72. The molecule has 0 fully saturated rings. The molecule has 0 heterocycles. The highest BCUT2D eigenvalue weighted by Crippen LogP contribution is 2.15. The Bertz CT molecular complexity index is 315. The first-order valence-electron chi connectivity index (χ1n) is 8.58. The van der Waals surface area contributed by atoms with Crippen molar-refractivity contribution in [1.82, 2.24) is 0 Å². The highest BCUT2D eigenvalue weighted by molar-refractivity contribution is 5.27. The number of aryl methyl sites for hydroxylation is 1. The Hall–Kier alpha value is -0.980. The van der Waals surface area contributed by atoms with E-state index in [4.69, 9.17) is 4.74 Å². The minimum atomic E-state index is 0.852. The normalized spacial score (nSPS) is 10.7. The van der Waals surface area contributed by atoms with Gasteiger partial charge < -0.3 is 4.74 Å². The van der Waals surface area contributed by atoms with Crippen LogP contribution in [-0.2, 0) is 6.42 Å². The van der Waals surface area contributed by atoms with Gasteiger partial charge in [0.25, 0.3) is 0 Å². The summed E-state index contributed by atoms with van der Waals surface area (Å²) in [6.07, 6.45) is 13.1. The standard InChI is InChI=1S/C19H32O/c1-3-5-7-8-9-10-12-18-13-15-19(16-14-18)20-17-11-6-4-2/h13-16H,3-12,17H2,1-2H3. The van der Waals surface area contributed by atoms with E-state index in [2.05, 4.69) is 38.1 Å². The summed E-state index contributed by atoms with van der Waals surface area (Å²) in [6, 6.07) is 8.69. The summed E-state index contributed by atoms with van der Waals surface area (Å²) in [6.45, 7) is 5.34. The maximum atomic E-state index is 5.73. The molecular formula is C19H32O. The van der Waals surface area contributed by atoms with Crippen molar-refractivity contribution in [3.8, 4) is 5.75 Å². The Labute approximate surface area is 125 Å². The molecule has 20 heavy (non-hydrogen) atoms. The van der Waals surface area contributed by atoms with Crippen LogP contribution in [0.25, 0.3) is 0 Å². The van der Waals surface area contributed by atoms with Crippen molar-refractivity contribution in [1.29, 1.82) is 0 Å². The highest BCUT2D eigenvalue weighted by Gasteiger charge is 1.97. The van der Waals surface area contributed by atoms with Gasteiger partial charge in [0.2, 0.25) is 0 Å². The van der Waals surface area contributed by atoms with Gasteiger partial charge >= 0.3 is 0 Å². The molecule has 1 aromatic rings. The third-order valence-electron chi connectivity index (χ3n) is 3.76. The first kappa shape index (κ1) is 17.1. The van der Waals surface area contributed by atoms with Crippen LogP contribution >= 0.6 is 0 Å². The van der Waals surface area contributed by atoms with Crippen molar-refractivity contribution >= 4 is 0 Å². The van der Waals surface area contributed by atoms with Crippen molar-refractivity contribution in [2.75, 3.05) is 6.61 Å². The molecule has 0 spiro atoms. The molecule has 0 aromatic heterocycles. The van der Waals surface area contributed by atoms with Gasteiger partial charge in [-0.1, -0.05) is 70.9 Å². The summed E-state index contributed by atoms with van der Waals surface area (Å²) in [5.41, 5.74) is 1.45. The van der Waals surface area contributed by atoms with E-state index in [-0.39, 0.29) is 0 Å². The minimum absolute atomic E-state index is 0.852. The molecule has 0 amide bonds. The van der Waals surface area contributed by atoms with Crippen LogP contribution in [0.4, 0.5) is 0 Å². The molecule has 0 aliphatic rings. The van der Waals surface area contributed by atoms with Crippen LogP contribution in [0.15, 0.2) is 24.3 Å². The van der Waals surface area contributed by atoms with Crippen LogP contribution in [0, 0.1) is 0 Å². The Balaban J connectivity index is 2.12. The zero-order chi connectivity index (χ0) is 14.5. The van der Waals surface area contributed by atoms with Crippen LogP contribution < -0.4 is 4.74 Å². The van der Waals surface area contributed by atoms with Crippen LogP contribution in [0.2, 0.25) is 0 Å². The van der Waals surface area contributed by atoms with Crippen LogP contribution in [-0.4, -0.2) is 6.61 Å². The fraction of sp³-hybridized carbons (Fsp3) is 0.684. The molecule has 0 saturated heterocycles. The Morgan fingerprint density at radius 3 is 2.00 bits per heavy atom. The lowest BCUT2D eigenvalue weighted by Gasteiger charge is -2.07. The fourth-order valence-corrected chi connectivity index (χ4v) is 2.40. The zero-order valence-corrected chi connectivity index (χ0v) is 13.5. The molecule has 0 aliphatic carbocycles. The predicted octanol–water partition coefficient (Wildman–Crippen LogP) is 6.16. The largest absolute Gasteiger partial charge is 0.494 e. The lowest BCUT2D eigenvalue weighted by atomic mass is 10.0. The summed E-state index contributed by atoms with van der Waals surface area (Å²) in [4.78, 5) is 0. The van der Waals surface area contributed by atoms with E-state index in [1.54, 1.807) is 0 Å². The fourth-order valence-electron chi connectivity index (χ4n) is 2.40. The maximum Gasteiger partial charge on any atom is 0.119 e. The Morgan fingerprint density at radius 2 is 1.30 bits per heavy atom. The summed E-state index contributed by atoms with van der Waals surface area (Å²) in [5, 5.41) is 0. The monoisotopic (exact) mass is 276 g/mol. The van der Waals surface area contributed by atoms with Crippen molar-refractivity contribution in [3.63, 3.8) is 0 Å². The number of unbranched alkanes of at least 4 members (excludes halogenated alkanes) is 7. The van der Waals surface area contributed by atoms with E-state index >= 15 is 0 Å². The first-order valence-corrected chi connectivity index (χ1v) is 8.58. The Kier molecular flexibility index (Phi) is 10.1. The van der Waals surface area contributed by atoms with Gasteiger partial charge in [0.1, 0.15) is 5.75 Å². The molecule has 114 valence electrons. The number of hydrogen-bond acceptors (Lipinski definition) is 1. The van der Waals surface area contributed by atoms with E-state index in [9.17, 15) is 0 Å². The van der Waals surface area contributed by atoms with Gasteiger partial charge in [0.15, 0.2) is 0 Å². The van der Waals surface area contributed by atoms with Crippen LogP contribution in [0.5, 0.6) is 5.75 Å². The maximum absolute atomic E-state index is 5.73. The molecule has 1 nitrogen and oxygen atoms in total. The minimum Gasteiger partial charge on any atom is -0.494 e. The molecule has 1 heteroatoms. The van der Waals surface area contributed by atoms with Gasteiger partial charge in [-0.15, -0.1) is 0 Å². The molecule has 0 radical (unpaired) electrons. The molecule has 0 saturated carbocycles. The molecule has 0 bridgehead atoms. The van der Waals surface area contributed by atoms with E-state index in [1.165, 1.54) is 63.4 Å². The summed E-state index contributed by atoms with van der Waals surface area (Å²) < 4.78 is 5.73. The van der Waals surface area contributed by atoms with E-state index in [0.717, 1.165) is 18.8 Å². The summed E-state index contributed by atoms with van der Waals surface area (Å²) >= 11 is 0. The first-order chi connectivity index (χ1) is 9.86. The third kappa shape index (κ3) is 8.24. The van der Waals surface area contributed by atoms with Gasteiger partial charge in [0, 0.05) is 0 Å². The second-order valence-corrected chi connectivity index (χ2v) is 5.72. The average molecular weight is 276 g/mol. The van der Waals surface area contributed by atoms with Gasteiger partial charge in [-0.2, -0.15) is 0 Å². The van der Waals surface area contributed by atoms with Gasteiger partial charge in [-0.05, 0) is 37.0 Å². The van der Waals surface area contributed by atoms with Gasteiger partial charge in [0.05, 0.1) is 6.61 Å². The average Bonchev–Trinajstić information content (AvgIpc) is 2.49. The lowest BCUT2D eigenvalue weighted by Crippen LogP contribution is -1.97. The zero-order valence-electron chi connectivity index (χ0n) is 13.5. The molecule has 1 rings (SSSR count). The lowest BCUT2D eigenvalue weighted by molar-refractivity contribution is 0.306. The SMILES string of the molecule is CCCCCCCCc1ccc(OCCCCC)cc1. The topological polar surface area (TPSA) is 9.23 Å². The van der Waals surface area contributed by atoms with Crippen molar-refractivity contribution in [3.05, 3.63) is 29.8 Å². The van der Waals surface area contributed by atoms with E-state index < -0.39 is 0 Å².